The second-order valence-electron chi connectivity index (χ2n) is 4.43. The lowest BCUT2D eigenvalue weighted by Gasteiger charge is -2.16. The zero-order valence-electron chi connectivity index (χ0n) is 12.2. The molecule has 0 aromatic carbocycles. The average molecular weight is 363 g/mol. The predicted octanol–water partition coefficient (Wildman–Crippen LogP) is 3.67. The molecule has 0 saturated heterocycles. The maximum absolute atomic E-state index is 13.9. The lowest BCUT2D eigenvalue weighted by Crippen LogP contribution is -2.25. The van der Waals surface area contributed by atoms with Crippen molar-refractivity contribution < 1.29 is 23.1 Å². The van der Waals surface area contributed by atoms with Gasteiger partial charge >= 0.3 is 5.97 Å². The first-order chi connectivity index (χ1) is 10.9. The molecule has 1 N–H and O–H groups in total. The first-order valence-corrected chi connectivity index (χ1v) is 7.24. The molecule has 2 rings (SSSR count). The van der Waals surface area contributed by atoms with E-state index in [1.165, 1.54) is 20.3 Å². The Hall–Kier alpha value is -1.99. The van der Waals surface area contributed by atoms with Gasteiger partial charge in [-0.1, -0.05) is 23.2 Å². The van der Waals surface area contributed by atoms with Gasteiger partial charge in [-0.15, -0.1) is 0 Å². The molecule has 2 heterocycles. The number of ether oxygens (including phenoxy) is 2. The topological polar surface area (TPSA) is 73.6 Å². The van der Waals surface area contributed by atoms with Gasteiger partial charge in [0.15, 0.2) is 6.10 Å². The molecule has 0 saturated carbocycles. The summed E-state index contributed by atoms with van der Waals surface area (Å²) in [6, 6.07) is 3.43. The Labute approximate surface area is 141 Å². The van der Waals surface area contributed by atoms with Crippen LogP contribution in [-0.4, -0.2) is 24.2 Å². The minimum absolute atomic E-state index is 0.0568. The van der Waals surface area contributed by atoms with Crippen molar-refractivity contribution >= 4 is 34.9 Å². The normalized spacial score (nSPS) is 11.9. The molecular weight excluding hydrogens is 350 g/mol. The fraction of sp³-hybridized carbons (Fsp3) is 0.286. The van der Waals surface area contributed by atoms with Crippen molar-refractivity contribution in [3.05, 3.63) is 40.1 Å². The highest BCUT2D eigenvalue weighted by Gasteiger charge is 2.23. The van der Waals surface area contributed by atoms with Crippen molar-refractivity contribution in [3.63, 3.8) is 0 Å². The van der Waals surface area contributed by atoms with Crippen LogP contribution in [0.2, 0.25) is 10.0 Å². The van der Waals surface area contributed by atoms with E-state index in [0.29, 0.717) is 5.76 Å². The van der Waals surface area contributed by atoms with Gasteiger partial charge in [-0.3, -0.25) is 0 Å². The summed E-state index contributed by atoms with van der Waals surface area (Å²) in [5.41, 5.74) is 0.0873. The van der Waals surface area contributed by atoms with E-state index in [2.05, 4.69) is 15.0 Å². The van der Waals surface area contributed by atoms with Gasteiger partial charge < -0.3 is 19.2 Å². The van der Waals surface area contributed by atoms with E-state index in [0.717, 1.165) is 0 Å². The summed E-state index contributed by atoms with van der Waals surface area (Å²) in [5.74, 6) is -1.30. The Kier molecular flexibility index (Phi) is 5.68. The van der Waals surface area contributed by atoms with E-state index in [-0.39, 0.29) is 28.2 Å². The molecule has 6 nitrogen and oxygen atoms in total. The Morgan fingerprint density at radius 3 is 2.83 bits per heavy atom. The third-order valence-corrected chi connectivity index (χ3v) is 3.54. The molecule has 124 valence electrons. The number of hydrogen-bond acceptors (Lipinski definition) is 6. The van der Waals surface area contributed by atoms with Crippen LogP contribution in [0.15, 0.2) is 22.8 Å². The Balaban J connectivity index is 2.25. The summed E-state index contributed by atoms with van der Waals surface area (Å²) in [4.78, 5) is 14.9. The third-order valence-electron chi connectivity index (χ3n) is 2.85. The van der Waals surface area contributed by atoms with Crippen LogP contribution in [0, 0.1) is 5.95 Å². The monoisotopic (exact) mass is 362 g/mol. The van der Waals surface area contributed by atoms with Crippen LogP contribution in [0.25, 0.3) is 0 Å². The minimum Gasteiger partial charge on any atom is -0.467 e. The molecule has 2 aromatic heterocycles. The van der Waals surface area contributed by atoms with Gasteiger partial charge in [0.1, 0.15) is 15.8 Å². The van der Waals surface area contributed by atoms with Crippen molar-refractivity contribution in [3.8, 4) is 5.88 Å². The summed E-state index contributed by atoms with van der Waals surface area (Å²) in [5, 5.41) is 2.50. The Morgan fingerprint density at radius 2 is 2.22 bits per heavy atom. The van der Waals surface area contributed by atoms with Crippen LogP contribution in [0.3, 0.4) is 0 Å². The van der Waals surface area contributed by atoms with E-state index in [4.69, 9.17) is 32.4 Å². The predicted molar refractivity (Wildman–Crippen MR) is 82.4 cm³/mol. The molecule has 0 fully saturated rings. The van der Waals surface area contributed by atoms with Crippen molar-refractivity contribution in [2.75, 3.05) is 12.4 Å². The smallest absolute Gasteiger partial charge is 0.346 e. The molecule has 0 aliphatic heterocycles. The van der Waals surface area contributed by atoms with Crippen LogP contribution < -0.4 is 10.1 Å². The first kappa shape index (κ1) is 17.4. The SMILES string of the molecule is COC(=O)C(C)Oc1nc(F)c(Cl)c(NCc2ccco2)c1Cl. The van der Waals surface area contributed by atoms with Gasteiger partial charge in [0.05, 0.1) is 25.6 Å². The van der Waals surface area contributed by atoms with E-state index in [1.807, 2.05) is 0 Å². The molecule has 2 aromatic rings. The number of furan rings is 1. The van der Waals surface area contributed by atoms with Crippen molar-refractivity contribution in [1.29, 1.82) is 0 Å². The molecule has 0 aliphatic carbocycles. The molecule has 9 heteroatoms. The highest BCUT2D eigenvalue weighted by Crippen LogP contribution is 2.38. The number of carbonyl (C=O) groups is 1. The summed E-state index contributed by atoms with van der Waals surface area (Å²) in [7, 11) is 1.20. The Morgan fingerprint density at radius 1 is 1.48 bits per heavy atom. The lowest BCUT2D eigenvalue weighted by atomic mass is 10.3. The summed E-state index contributed by atoms with van der Waals surface area (Å²) < 4.78 is 28.8. The molecular formula is C14H13Cl2FN2O4. The van der Waals surface area contributed by atoms with Gasteiger partial charge in [-0.25, -0.2) is 4.79 Å². The van der Waals surface area contributed by atoms with Crippen LogP contribution in [0.1, 0.15) is 12.7 Å². The van der Waals surface area contributed by atoms with Crippen LogP contribution in [-0.2, 0) is 16.1 Å². The van der Waals surface area contributed by atoms with Crippen LogP contribution >= 0.6 is 23.2 Å². The number of esters is 1. The van der Waals surface area contributed by atoms with Crippen LogP contribution in [0.5, 0.6) is 5.88 Å². The standard InChI is InChI=1S/C14H13Cl2FN2O4/c1-7(14(20)21-2)23-13-10(16)11(9(15)12(17)19-13)18-6-8-4-3-5-22-8/h3-5,7H,6H2,1-2H3,(H,18,19). The Bertz CT molecular complexity index is 695. The molecule has 0 bridgehead atoms. The molecule has 23 heavy (non-hydrogen) atoms. The zero-order valence-corrected chi connectivity index (χ0v) is 13.7. The number of aromatic nitrogens is 1. The van der Waals surface area contributed by atoms with Gasteiger partial charge in [-0.05, 0) is 19.1 Å². The second kappa shape index (κ2) is 7.52. The minimum atomic E-state index is -1.01. The number of nitrogens with zero attached hydrogens (tertiary/aromatic N) is 1. The molecule has 0 aliphatic rings. The summed E-state index contributed by atoms with van der Waals surface area (Å²) in [6.07, 6.45) is 0.489. The number of hydrogen-bond donors (Lipinski definition) is 1. The highest BCUT2D eigenvalue weighted by molar-refractivity contribution is 6.39. The number of carbonyl (C=O) groups excluding carboxylic acids is 1. The maximum Gasteiger partial charge on any atom is 0.346 e. The number of rotatable bonds is 6. The molecule has 1 atom stereocenters. The third kappa shape index (κ3) is 4.05. The van der Waals surface area contributed by atoms with Crippen LogP contribution in [0.4, 0.5) is 10.1 Å². The van der Waals surface area contributed by atoms with E-state index >= 15 is 0 Å². The lowest BCUT2D eigenvalue weighted by molar-refractivity contribution is -0.148. The number of halogens is 3. The van der Waals surface area contributed by atoms with E-state index < -0.39 is 18.0 Å². The average Bonchev–Trinajstić information content (AvgIpc) is 3.05. The largest absolute Gasteiger partial charge is 0.467 e. The fourth-order valence-corrected chi connectivity index (χ4v) is 2.20. The summed E-state index contributed by atoms with van der Waals surface area (Å²) >= 11 is 12.0. The maximum atomic E-state index is 13.9. The van der Waals surface area contributed by atoms with Crippen molar-refractivity contribution in [2.24, 2.45) is 0 Å². The number of nitrogens with one attached hydrogen (secondary N) is 1. The van der Waals surface area contributed by atoms with Gasteiger partial charge in [0, 0.05) is 0 Å². The number of methoxy groups -OCH3 is 1. The first-order valence-electron chi connectivity index (χ1n) is 6.49. The van der Waals surface area contributed by atoms with Crippen molar-refractivity contribution in [2.45, 2.75) is 19.6 Å². The van der Waals surface area contributed by atoms with Gasteiger partial charge in [0.25, 0.3) is 0 Å². The van der Waals surface area contributed by atoms with E-state index in [1.54, 1.807) is 12.1 Å². The number of pyridine rings is 1. The van der Waals surface area contributed by atoms with E-state index in [9.17, 15) is 9.18 Å². The number of anilines is 1. The zero-order chi connectivity index (χ0) is 17.0. The highest BCUT2D eigenvalue weighted by atomic mass is 35.5. The summed E-state index contributed by atoms with van der Waals surface area (Å²) in [6.45, 7) is 1.65. The quantitative estimate of drug-likeness (QED) is 0.624. The molecule has 0 amide bonds. The molecule has 0 spiro atoms. The molecule has 1 unspecified atom stereocenters. The van der Waals surface area contributed by atoms with Crippen molar-refractivity contribution in [1.82, 2.24) is 4.98 Å². The van der Waals surface area contributed by atoms with Gasteiger partial charge in [0.2, 0.25) is 11.8 Å². The molecule has 0 radical (unpaired) electrons. The van der Waals surface area contributed by atoms with Gasteiger partial charge in [-0.2, -0.15) is 9.37 Å². The second-order valence-corrected chi connectivity index (χ2v) is 5.18. The fourth-order valence-electron chi connectivity index (χ4n) is 1.70.